The minimum Gasteiger partial charge on any atom is -0.459 e. The van der Waals surface area contributed by atoms with Crippen molar-refractivity contribution in [1.82, 2.24) is 10.3 Å². The lowest BCUT2D eigenvalue weighted by molar-refractivity contribution is -0.147. The number of alkyl carbamates (subject to hydrolysis) is 1. The van der Waals surface area contributed by atoms with Crippen molar-refractivity contribution in [2.45, 2.75) is 51.9 Å². The Labute approximate surface area is 176 Å². The molecular weight excluding hydrogens is 380 g/mol. The smallest absolute Gasteiger partial charge is 0.408 e. The van der Waals surface area contributed by atoms with Crippen LogP contribution in [0.1, 0.15) is 38.3 Å². The van der Waals surface area contributed by atoms with Gasteiger partial charge in [0.2, 0.25) is 0 Å². The lowest BCUT2D eigenvalue weighted by atomic mass is 10.0. The van der Waals surface area contributed by atoms with Crippen molar-refractivity contribution in [2.24, 2.45) is 0 Å². The molecule has 0 aliphatic rings. The molecule has 2 aromatic carbocycles. The zero-order valence-corrected chi connectivity index (χ0v) is 17.6. The first-order chi connectivity index (χ1) is 14.4. The van der Waals surface area contributed by atoms with Gasteiger partial charge < -0.3 is 19.8 Å². The van der Waals surface area contributed by atoms with Gasteiger partial charge in [0.25, 0.3) is 0 Å². The van der Waals surface area contributed by atoms with Crippen molar-refractivity contribution in [2.75, 3.05) is 0 Å². The molecule has 0 radical (unpaired) electrons. The summed E-state index contributed by atoms with van der Waals surface area (Å²) in [5.41, 5.74) is 2.15. The zero-order chi connectivity index (χ0) is 21.6. The van der Waals surface area contributed by atoms with E-state index < -0.39 is 23.7 Å². The maximum absolute atomic E-state index is 12.8. The number of rotatable bonds is 8. The number of ether oxygens (including phenoxy) is 2. The quantitative estimate of drug-likeness (QED) is 0.528. The van der Waals surface area contributed by atoms with E-state index in [1.807, 2.05) is 81.6 Å². The summed E-state index contributed by atoms with van der Waals surface area (Å²) in [4.78, 5) is 28.5. The van der Waals surface area contributed by atoms with Crippen LogP contribution in [0.3, 0.4) is 0 Å². The fraction of sp³-hybridized carbons (Fsp3) is 0.333. The second-order valence-electron chi connectivity index (χ2n) is 7.86. The molecule has 1 atom stereocenters. The maximum atomic E-state index is 12.8. The van der Waals surface area contributed by atoms with Crippen LogP contribution in [0.25, 0.3) is 10.9 Å². The number of hydrogen-bond acceptors (Lipinski definition) is 4. The largest absolute Gasteiger partial charge is 0.459 e. The highest BCUT2D eigenvalue weighted by atomic mass is 16.6. The van der Waals surface area contributed by atoms with E-state index in [0.717, 1.165) is 22.0 Å². The van der Waals surface area contributed by atoms with Crippen LogP contribution in [-0.4, -0.2) is 28.7 Å². The van der Waals surface area contributed by atoms with E-state index in [1.165, 1.54) is 0 Å². The topological polar surface area (TPSA) is 80.4 Å². The molecule has 0 saturated carbocycles. The van der Waals surface area contributed by atoms with Gasteiger partial charge in [-0.2, -0.15) is 0 Å². The van der Waals surface area contributed by atoms with Crippen LogP contribution >= 0.6 is 0 Å². The molecular formula is C24H28N2O4. The van der Waals surface area contributed by atoms with Crippen molar-refractivity contribution in [3.05, 3.63) is 71.9 Å². The summed E-state index contributed by atoms with van der Waals surface area (Å²) in [7, 11) is 0. The molecule has 3 aromatic rings. The van der Waals surface area contributed by atoms with Crippen LogP contribution < -0.4 is 5.32 Å². The summed E-state index contributed by atoms with van der Waals surface area (Å²) in [6.45, 7) is 5.73. The van der Waals surface area contributed by atoms with Crippen LogP contribution in [0.4, 0.5) is 4.79 Å². The highest BCUT2D eigenvalue weighted by Crippen LogP contribution is 2.20. The third kappa shape index (κ3) is 5.63. The molecule has 1 aromatic heterocycles. The number of aromatic amines is 1. The number of nitrogens with one attached hydrogen (secondary N) is 2. The molecule has 0 fully saturated rings. The monoisotopic (exact) mass is 408 g/mol. The Morgan fingerprint density at radius 3 is 2.50 bits per heavy atom. The highest BCUT2D eigenvalue weighted by molar-refractivity contribution is 5.86. The van der Waals surface area contributed by atoms with Crippen molar-refractivity contribution >= 4 is 23.0 Å². The van der Waals surface area contributed by atoms with Crippen LogP contribution in [0.2, 0.25) is 0 Å². The first kappa shape index (κ1) is 21.4. The summed E-state index contributed by atoms with van der Waals surface area (Å²) in [6, 6.07) is 16.4. The molecule has 1 heterocycles. The molecule has 6 nitrogen and oxygen atoms in total. The van der Waals surface area contributed by atoms with E-state index in [9.17, 15) is 9.59 Å². The van der Waals surface area contributed by atoms with Gasteiger partial charge in [-0.1, -0.05) is 55.5 Å². The van der Waals surface area contributed by atoms with Crippen LogP contribution in [0.5, 0.6) is 0 Å². The lowest BCUT2D eigenvalue weighted by Crippen LogP contribution is -2.45. The summed E-state index contributed by atoms with van der Waals surface area (Å²) in [5, 5.41) is 3.70. The minimum absolute atomic E-state index is 0.140. The number of aromatic nitrogens is 1. The molecule has 158 valence electrons. The van der Waals surface area contributed by atoms with Crippen LogP contribution in [0, 0.1) is 0 Å². The maximum Gasteiger partial charge on any atom is 0.408 e. The molecule has 0 bridgehead atoms. The van der Waals surface area contributed by atoms with Crippen molar-refractivity contribution in [3.8, 4) is 0 Å². The molecule has 2 N–H and O–H groups in total. The third-order valence-corrected chi connectivity index (χ3v) is 5.12. The van der Waals surface area contributed by atoms with Gasteiger partial charge in [-0.25, -0.2) is 9.59 Å². The van der Waals surface area contributed by atoms with Gasteiger partial charge in [0.15, 0.2) is 0 Å². The normalized spacial score (nSPS) is 12.4. The van der Waals surface area contributed by atoms with E-state index in [4.69, 9.17) is 9.47 Å². The van der Waals surface area contributed by atoms with Crippen LogP contribution in [0.15, 0.2) is 60.8 Å². The fourth-order valence-corrected chi connectivity index (χ4v) is 3.04. The van der Waals surface area contributed by atoms with Gasteiger partial charge in [0.05, 0.1) is 0 Å². The number of benzene rings is 2. The van der Waals surface area contributed by atoms with Crippen molar-refractivity contribution in [1.29, 1.82) is 0 Å². The SMILES string of the molecule is CCC(C)(C)OC(=O)NC(Cc1c[nH]c2ccccc12)C(=O)OCc1ccccc1. The highest BCUT2D eigenvalue weighted by Gasteiger charge is 2.28. The predicted octanol–water partition coefficient (Wildman–Crippen LogP) is 4.74. The molecule has 30 heavy (non-hydrogen) atoms. The summed E-state index contributed by atoms with van der Waals surface area (Å²) in [6.07, 6.45) is 2.17. The Kier molecular flexibility index (Phi) is 6.77. The Morgan fingerprint density at radius 2 is 1.77 bits per heavy atom. The van der Waals surface area contributed by atoms with Gasteiger partial charge >= 0.3 is 12.1 Å². The number of para-hydroxylation sites is 1. The zero-order valence-electron chi connectivity index (χ0n) is 17.6. The molecule has 0 spiro atoms. The number of carbonyl (C=O) groups is 2. The minimum atomic E-state index is -0.868. The van der Waals surface area contributed by atoms with Crippen LogP contribution in [-0.2, 0) is 27.3 Å². The van der Waals surface area contributed by atoms with E-state index in [-0.39, 0.29) is 6.61 Å². The predicted molar refractivity (Wildman–Crippen MR) is 116 cm³/mol. The Bertz CT molecular complexity index is 995. The summed E-state index contributed by atoms with van der Waals surface area (Å²) < 4.78 is 11.0. The Morgan fingerprint density at radius 1 is 1.07 bits per heavy atom. The molecule has 1 unspecified atom stereocenters. The van der Waals surface area contributed by atoms with E-state index in [2.05, 4.69) is 10.3 Å². The molecule has 0 aliphatic heterocycles. The average Bonchev–Trinajstić information content (AvgIpc) is 3.15. The second kappa shape index (κ2) is 9.48. The van der Waals surface area contributed by atoms with Crippen molar-refractivity contribution in [3.63, 3.8) is 0 Å². The molecule has 1 amide bonds. The molecule has 6 heteroatoms. The first-order valence-electron chi connectivity index (χ1n) is 10.1. The van der Waals surface area contributed by atoms with Gasteiger partial charge in [0, 0.05) is 23.5 Å². The summed E-state index contributed by atoms with van der Waals surface area (Å²) in [5.74, 6) is -0.504. The summed E-state index contributed by atoms with van der Waals surface area (Å²) >= 11 is 0. The number of amides is 1. The molecule has 0 saturated heterocycles. The lowest BCUT2D eigenvalue weighted by Gasteiger charge is -2.25. The standard InChI is InChI=1S/C24H28N2O4/c1-4-24(2,3)30-23(28)26-21(22(27)29-16-17-10-6-5-7-11-17)14-18-15-25-20-13-9-8-12-19(18)20/h5-13,15,21,25H,4,14,16H2,1-3H3,(H,26,28). The first-order valence-corrected chi connectivity index (χ1v) is 10.1. The van der Waals surface area contributed by atoms with Crippen molar-refractivity contribution < 1.29 is 19.1 Å². The fourth-order valence-electron chi connectivity index (χ4n) is 3.04. The van der Waals surface area contributed by atoms with E-state index >= 15 is 0 Å². The average molecular weight is 408 g/mol. The number of esters is 1. The number of H-pyrrole nitrogens is 1. The van der Waals surface area contributed by atoms with E-state index in [0.29, 0.717) is 12.8 Å². The Hall–Kier alpha value is -3.28. The van der Waals surface area contributed by atoms with Gasteiger partial charge in [-0.3, -0.25) is 0 Å². The van der Waals surface area contributed by atoms with Gasteiger partial charge in [-0.15, -0.1) is 0 Å². The Balaban J connectivity index is 1.75. The number of carbonyl (C=O) groups excluding carboxylic acids is 2. The number of hydrogen-bond donors (Lipinski definition) is 2. The second-order valence-corrected chi connectivity index (χ2v) is 7.86. The number of fused-ring (bicyclic) bond motifs is 1. The molecule has 0 aliphatic carbocycles. The van der Waals surface area contributed by atoms with Gasteiger partial charge in [-0.05, 0) is 37.5 Å². The van der Waals surface area contributed by atoms with Gasteiger partial charge in [0.1, 0.15) is 18.2 Å². The molecule has 3 rings (SSSR count). The third-order valence-electron chi connectivity index (χ3n) is 5.12. The van der Waals surface area contributed by atoms with E-state index in [1.54, 1.807) is 0 Å².